The van der Waals surface area contributed by atoms with Crippen LogP contribution in [0.4, 0.5) is 4.39 Å². The van der Waals surface area contributed by atoms with Gasteiger partial charge in [-0.1, -0.05) is 31.6 Å². The van der Waals surface area contributed by atoms with Gasteiger partial charge >= 0.3 is 0 Å². The van der Waals surface area contributed by atoms with Crippen molar-refractivity contribution in [2.24, 2.45) is 28.6 Å². The maximum Gasteiger partial charge on any atom is 0.220 e. The molecule has 0 saturated heterocycles. The lowest BCUT2D eigenvalue weighted by Crippen LogP contribution is -2.49. The molecule has 2 fully saturated rings. The first-order chi connectivity index (χ1) is 12.9. The van der Waals surface area contributed by atoms with E-state index in [1.807, 2.05) is 12.1 Å². The molecule has 0 aromatic carbocycles. The predicted octanol–water partition coefficient (Wildman–Crippen LogP) is 5.54. The Morgan fingerprint density at radius 2 is 1.89 bits per heavy atom. The number of rotatable bonds is 1. The smallest absolute Gasteiger partial charge is 0.220 e. The Bertz CT molecular complexity index is 829. The lowest BCUT2D eigenvalue weighted by molar-refractivity contribution is -0.0238. The van der Waals surface area contributed by atoms with Gasteiger partial charge in [-0.15, -0.1) is 0 Å². The van der Waals surface area contributed by atoms with Gasteiger partial charge in [0.25, 0.3) is 0 Å². The minimum Gasteiger partial charge on any atom is -0.393 e. The van der Waals surface area contributed by atoms with Gasteiger partial charge in [-0.2, -0.15) is 4.39 Å². The summed E-state index contributed by atoms with van der Waals surface area (Å²) < 4.78 is 14.4. The van der Waals surface area contributed by atoms with Crippen molar-refractivity contribution < 1.29 is 9.50 Å². The molecular weight excluding hydrogens is 337 g/mol. The second-order valence-electron chi connectivity index (χ2n) is 9.81. The van der Waals surface area contributed by atoms with Crippen LogP contribution in [-0.4, -0.2) is 16.2 Å². The van der Waals surface area contributed by atoms with Crippen molar-refractivity contribution in [1.82, 2.24) is 4.98 Å². The Hall–Kier alpha value is -1.48. The molecule has 5 rings (SSSR count). The fourth-order valence-electron chi connectivity index (χ4n) is 7.21. The van der Waals surface area contributed by atoms with Crippen LogP contribution in [0.15, 0.2) is 36.1 Å². The lowest BCUT2D eigenvalue weighted by atomic mass is 9.47. The van der Waals surface area contributed by atoms with E-state index in [2.05, 4.69) is 31.0 Å². The summed E-state index contributed by atoms with van der Waals surface area (Å²) >= 11 is 0. The second kappa shape index (κ2) is 6.01. The summed E-state index contributed by atoms with van der Waals surface area (Å²) in [5.41, 5.74) is 3.72. The van der Waals surface area contributed by atoms with Crippen LogP contribution in [0, 0.1) is 34.5 Å². The first-order valence-electron chi connectivity index (χ1n) is 10.6. The lowest BCUT2D eigenvalue weighted by Gasteiger charge is -2.57. The second-order valence-corrected chi connectivity index (χ2v) is 9.81. The van der Waals surface area contributed by atoms with E-state index in [1.54, 1.807) is 0 Å². The maximum absolute atomic E-state index is 14.4. The number of pyridine rings is 1. The maximum atomic E-state index is 14.4. The molecule has 1 N–H and O–H groups in total. The molecule has 1 heterocycles. The van der Waals surface area contributed by atoms with Gasteiger partial charge < -0.3 is 5.11 Å². The fourth-order valence-corrected chi connectivity index (χ4v) is 7.21. The summed E-state index contributed by atoms with van der Waals surface area (Å²) in [6.45, 7) is 4.82. The Balaban J connectivity index is 1.49. The molecule has 0 aliphatic heterocycles. The molecule has 0 spiro atoms. The summed E-state index contributed by atoms with van der Waals surface area (Å²) in [7, 11) is 0. The third kappa shape index (κ3) is 2.43. The zero-order valence-corrected chi connectivity index (χ0v) is 16.4. The fraction of sp³-hybridized carbons (Fsp3) is 0.625. The average Bonchev–Trinajstić information content (AvgIpc) is 3.00. The van der Waals surface area contributed by atoms with Gasteiger partial charge in [-0.05, 0) is 91.2 Å². The summed E-state index contributed by atoms with van der Waals surface area (Å²) in [4.78, 5) is 3.91. The largest absolute Gasteiger partial charge is 0.393 e. The summed E-state index contributed by atoms with van der Waals surface area (Å²) in [6.07, 6.45) is 13.6. The number of aliphatic hydroxyl groups excluding tert-OH is 1. The van der Waals surface area contributed by atoms with E-state index in [0.29, 0.717) is 23.3 Å². The number of fused-ring (bicyclic) bond motifs is 5. The van der Waals surface area contributed by atoms with Crippen LogP contribution >= 0.6 is 0 Å². The number of aliphatic hydroxyl groups is 1. The molecule has 0 radical (unpaired) electrons. The molecule has 2 nitrogen and oxygen atoms in total. The molecule has 4 aliphatic rings. The normalized spacial score (nSPS) is 43.3. The average molecular weight is 368 g/mol. The van der Waals surface area contributed by atoms with Crippen molar-refractivity contribution in [2.45, 2.75) is 64.9 Å². The molecule has 0 amide bonds. The third-order valence-electron chi connectivity index (χ3n) is 8.71. The zero-order chi connectivity index (χ0) is 18.8. The Labute approximate surface area is 161 Å². The van der Waals surface area contributed by atoms with Crippen molar-refractivity contribution in [1.29, 1.82) is 0 Å². The highest BCUT2D eigenvalue weighted by molar-refractivity contribution is 5.72. The first-order valence-corrected chi connectivity index (χ1v) is 10.6. The molecule has 4 aliphatic carbocycles. The Morgan fingerprint density at radius 1 is 1.07 bits per heavy atom. The number of aromatic nitrogens is 1. The number of hydrogen-bond acceptors (Lipinski definition) is 2. The molecule has 0 bridgehead atoms. The summed E-state index contributed by atoms with van der Waals surface area (Å²) in [5.74, 6) is 1.63. The topological polar surface area (TPSA) is 33.1 Å². The van der Waals surface area contributed by atoms with Gasteiger partial charge in [0.2, 0.25) is 5.95 Å². The molecule has 6 unspecified atom stereocenters. The number of allylic oxidation sites excluding steroid dienone is 3. The number of hydrogen-bond donors (Lipinski definition) is 1. The van der Waals surface area contributed by atoms with Crippen molar-refractivity contribution in [3.8, 4) is 0 Å². The highest BCUT2D eigenvalue weighted by Crippen LogP contribution is 2.66. The molecule has 1 aromatic rings. The zero-order valence-electron chi connectivity index (χ0n) is 16.4. The van der Waals surface area contributed by atoms with Crippen molar-refractivity contribution in [2.75, 3.05) is 0 Å². The standard InChI is InChI=1S/C24H30FNO/c1-23-11-9-16(27)14-15(23)5-6-17-19-7-8-20(18-4-3-13-26-22(18)25)24(19,2)12-10-21(17)23/h3-5,8,13,16-17,19,21,27H,6-7,9-12,14H2,1-2H3. The van der Waals surface area contributed by atoms with Crippen LogP contribution in [0.2, 0.25) is 0 Å². The van der Waals surface area contributed by atoms with Crippen LogP contribution in [0.5, 0.6) is 0 Å². The van der Waals surface area contributed by atoms with Crippen LogP contribution in [-0.2, 0) is 0 Å². The van der Waals surface area contributed by atoms with Crippen molar-refractivity contribution >= 4 is 5.57 Å². The predicted molar refractivity (Wildman–Crippen MR) is 105 cm³/mol. The number of nitrogens with zero attached hydrogens (tertiary/aromatic N) is 1. The molecule has 144 valence electrons. The van der Waals surface area contributed by atoms with Crippen molar-refractivity contribution in [3.63, 3.8) is 0 Å². The van der Waals surface area contributed by atoms with Crippen LogP contribution in [0.1, 0.15) is 64.4 Å². The molecule has 2 saturated carbocycles. The molecule has 27 heavy (non-hydrogen) atoms. The van der Waals surface area contributed by atoms with Crippen LogP contribution in [0.25, 0.3) is 5.57 Å². The van der Waals surface area contributed by atoms with Gasteiger partial charge in [-0.25, -0.2) is 4.98 Å². The molecule has 1 aromatic heterocycles. The van der Waals surface area contributed by atoms with E-state index in [0.717, 1.165) is 38.5 Å². The van der Waals surface area contributed by atoms with E-state index < -0.39 is 0 Å². The van der Waals surface area contributed by atoms with Gasteiger partial charge in [0, 0.05) is 11.8 Å². The Morgan fingerprint density at radius 3 is 2.70 bits per heavy atom. The van der Waals surface area contributed by atoms with E-state index in [-0.39, 0.29) is 22.9 Å². The first kappa shape index (κ1) is 17.6. The molecule has 6 atom stereocenters. The minimum atomic E-state index is -0.327. The van der Waals surface area contributed by atoms with Crippen LogP contribution < -0.4 is 0 Å². The van der Waals surface area contributed by atoms with Gasteiger partial charge in [0.1, 0.15) is 0 Å². The van der Waals surface area contributed by atoms with E-state index in [9.17, 15) is 9.50 Å². The molecule has 3 heteroatoms. The van der Waals surface area contributed by atoms with Crippen molar-refractivity contribution in [3.05, 3.63) is 47.6 Å². The van der Waals surface area contributed by atoms with Gasteiger partial charge in [-0.3, -0.25) is 0 Å². The monoisotopic (exact) mass is 367 g/mol. The quantitative estimate of drug-likeness (QED) is 0.522. The third-order valence-corrected chi connectivity index (χ3v) is 8.71. The van der Waals surface area contributed by atoms with E-state index >= 15 is 0 Å². The highest BCUT2D eigenvalue weighted by Gasteiger charge is 2.56. The summed E-state index contributed by atoms with van der Waals surface area (Å²) in [6, 6.07) is 3.75. The highest BCUT2D eigenvalue weighted by atomic mass is 19.1. The van der Waals surface area contributed by atoms with Crippen LogP contribution in [0.3, 0.4) is 0 Å². The molecular formula is C24H30FNO. The van der Waals surface area contributed by atoms with E-state index in [1.165, 1.54) is 23.8 Å². The Kier molecular flexibility index (Phi) is 3.92. The SMILES string of the molecule is CC12CCC(O)CC1=CCC1C2CCC2(C)C(c3cccnc3F)=CCC12. The minimum absolute atomic E-state index is 0.0565. The van der Waals surface area contributed by atoms with E-state index in [4.69, 9.17) is 0 Å². The summed E-state index contributed by atoms with van der Waals surface area (Å²) in [5, 5.41) is 10.1. The van der Waals surface area contributed by atoms with Gasteiger partial charge in [0.05, 0.1) is 6.10 Å². The van der Waals surface area contributed by atoms with Gasteiger partial charge in [0.15, 0.2) is 0 Å². The number of halogens is 1.